The number of thiophene rings is 1. The standard InChI is InChI=1S/C22H26FN3O3S/c1-15-13-18(25-21(28)16-7-6-8-17(23)14-16)30-20(15)22(29)24-10-9-19(27)26-11-4-2-3-5-12-26/h6-8,13-14H,2-5,9-12H2,1H3,(H,24,29)(H,25,28). The van der Waals surface area contributed by atoms with Crippen LogP contribution in [-0.2, 0) is 4.79 Å². The number of amides is 3. The first-order chi connectivity index (χ1) is 14.4. The van der Waals surface area contributed by atoms with Gasteiger partial charge in [0, 0.05) is 31.6 Å². The van der Waals surface area contributed by atoms with Crippen molar-refractivity contribution in [2.75, 3.05) is 25.0 Å². The lowest BCUT2D eigenvalue weighted by atomic mass is 10.2. The third kappa shape index (κ3) is 5.89. The van der Waals surface area contributed by atoms with Gasteiger partial charge in [0.05, 0.1) is 9.88 Å². The van der Waals surface area contributed by atoms with E-state index < -0.39 is 11.7 Å². The van der Waals surface area contributed by atoms with Gasteiger partial charge >= 0.3 is 0 Å². The van der Waals surface area contributed by atoms with Gasteiger partial charge in [-0.15, -0.1) is 11.3 Å². The largest absolute Gasteiger partial charge is 0.351 e. The number of benzene rings is 1. The Morgan fingerprint density at radius 1 is 1.07 bits per heavy atom. The molecule has 0 radical (unpaired) electrons. The number of hydrogen-bond donors (Lipinski definition) is 2. The highest BCUT2D eigenvalue weighted by molar-refractivity contribution is 7.18. The van der Waals surface area contributed by atoms with Gasteiger partial charge in [-0.2, -0.15) is 0 Å². The Morgan fingerprint density at radius 2 is 1.80 bits per heavy atom. The number of aryl methyl sites for hydroxylation is 1. The fourth-order valence-corrected chi connectivity index (χ4v) is 4.41. The van der Waals surface area contributed by atoms with Gasteiger partial charge in [-0.1, -0.05) is 18.9 Å². The van der Waals surface area contributed by atoms with Crippen molar-refractivity contribution in [2.45, 2.75) is 39.0 Å². The molecule has 30 heavy (non-hydrogen) atoms. The molecule has 2 aromatic rings. The number of nitrogens with zero attached hydrogens (tertiary/aromatic N) is 1. The van der Waals surface area contributed by atoms with Gasteiger partial charge in [0.1, 0.15) is 5.82 Å². The summed E-state index contributed by atoms with van der Waals surface area (Å²) in [4.78, 5) is 39.5. The van der Waals surface area contributed by atoms with Crippen LogP contribution in [0.25, 0.3) is 0 Å². The summed E-state index contributed by atoms with van der Waals surface area (Å²) < 4.78 is 13.3. The van der Waals surface area contributed by atoms with E-state index in [1.165, 1.54) is 18.2 Å². The average molecular weight is 432 g/mol. The highest BCUT2D eigenvalue weighted by atomic mass is 32.1. The number of anilines is 1. The molecule has 0 saturated carbocycles. The highest BCUT2D eigenvalue weighted by Gasteiger charge is 2.18. The van der Waals surface area contributed by atoms with Crippen LogP contribution in [0.3, 0.4) is 0 Å². The van der Waals surface area contributed by atoms with E-state index in [4.69, 9.17) is 0 Å². The fraction of sp³-hybridized carbons (Fsp3) is 0.409. The van der Waals surface area contributed by atoms with E-state index in [2.05, 4.69) is 10.6 Å². The molecule has 1 aliphatic rings. The van der Waals surface area contributed by atoms with Gasteiger partial charge in [0.15, 0.2) is 0 Å². The fourth-order valence-electron chi connectivity index (χ4n) is 3.42. The number of rotatable bonds is 6. The van der Waals surface area contributed by atoms with Gasteiger partial charge in [-0.3, -0.25) is 14.4 Å². The lowest BCUT2D eigenvalue weighted by Crippen LogP contribution is -2.35. The van der Waals surface area contributed by atoms with Crippen LogP contribution in [0.2, 0.25) is 0 Å². The minimum absolute atomic E-state index is 0.0724. The third-order valence-electron chi connectivity index (χ3n) is 5.03. The molecule has 1 aliphatic heterocycles. The summed E-state index contributed by atoms with van der Waals surface area (Å²) in [5, 5.41) is 6.00. The maximum absolute atomic E-state index is 13.3. The summed E-state index contributed by atoms with van der Waals surface area (Å²) in [5.74, 6) is -1.12. The zero-order valence-electron chi connectivity index (χ0n) is 17.0. The molecule has 0 spiro atoms. The summed E-state index contributed by atoms with van der Waals surface area (Å²) in [7, 11) is 0. The van der Waals surface area contributed by atoms with Crippen molar-refractivity contribution >= 4 is 34.1 Å². The van der Waals surface area contributed by atoms with E-state index in [1.807, 2.05) is 4.90 Å². The maximum Gasteiger partial charge on any atom is 0.261 e. The lowest BCUT2D eigenvalue weighted by molar-refractivity contribution is -0.131. The second-order valence-electron chi connectivity index (χ2n) is 7.39. The molecule has 160 valence electrons. The molecule has 6 nitrogen and oxygen atoms in total. The molecule has 3 amide bonds. The smallest absolute Gasteiger partial charge is 0.261 e. The Balaban J connectivity index is 1.52. The van der Waals surface area contributed by atoms with Crippen molar-refractivity contribution in [1.29, 1.82) is 0 Å². The summed E-state index contributed by atoms with van der Waals surface area (Å²) in [6.07, 6.45) is 4.68. The van der Waals surface area contributed by atoms with Gasteiger partial charge < -0.3 is 15.5 Å². The molecule has 0 bridgehead atoms. The second kappa shape index (κ2) is 10.3. The Morgan fingerprint density at radius 3 is 2.50 bits per heavy atom. The predicted molar refractivity (Wildman–Crippen MR) is 115 cm³/mol. The van der Waals surface area contributed by atoms with Gasteiger partial charge in [0.25, 0.3) is 11.8 Å². The normalized spacial score (nSPS) is 14.1. The maximum atomic E-state index is 13.3. The molecule has 2 N–H and O–H groups in total. The monoisotopic (exact) mass is 431 g/mol. The van der Waals surface area contributed by atoms with Crippen LogP contribution >= 0.6 is 11.3 Å². The number of carbonyl (C=O) groups excluding carboxylic acids is 3. The molecule has 8 heteroatoms. The first-order valence-electron chi connectivity index (χ1n) is 10.2. The molecule has 2 heterocycles. The number of halogens is 1. The van der Waals surface area contributed by atoms with Crippen LogP contribution in [0.5, 0.6) is 0 Å². The Labute approximate surface area is 179 Å². The Kier molecular flexibility index (Phi) is 7.57. The minimum Gasteiger partial charge on any atom is -0.351 e. The van der Waals surface area contributed by atoms with Crippen LogP contribution in [-0.4, -0.2) is 42.3 Å². The van der Waals surface area contributed by atoms with Crippen LogP contribution in [0.1, 0.15) is 57.7 Å². The highest BCUT2D eigenvalue weighted by Crippen LogP contribution is 2.27. The predicted octanol–water partition coefficient (Wildman–Crippen LogP) is 3.97. The zero-order valence-corrected chi connectivity index (χ0v) is 17.8. The molecule has 1 saturated heterocycles. The summed E-state index contributed by atoms with van der Waals surface area (Å²) >= 11 is 1.15. The number of likely N-dealkylation sites (tertiary alicyclic amines) is 1. The van der Waals surface area contributed by atoms with Gasteiger partial charge in [-0.05, 0) is 49.6 Å². The van der Waals surface area contributed by atoms with Crippen molar-refractivity contribution in [3.05, 3.63) is 52.2 Å². The lowest BCUT2D eigenvalue weighted by Gasteiger charge is -2.20. The number of carbonyl (C=O) groups is 3. The van der Waals surface area contributed by atoms with Crippen LogP contribution < -0.4 is 10.6 Å². The summed E-state index contributed by atoms with van der Waals surface area (Å²) in [6.45, 7) is 3.65. The number of hydrogen-bond acceptors (Lipinski definition) is 4. The van der Waals surface area contributed by atoms with Gasteiger partial charge in [0.2, 0.25) is 5.91 Å². The van der Waals surface area contributed by atoms with E-state index in [9.17, 15) is 18.8 Å². The zero-order chi connectivity index (χ0) is 21.5. The second-order valence-corrected chi connectivity index (χ2v) is 8.44. The van der Waals surface area contributed by atoms with Crippen molar-refractivity contribution in [2.24, 2.45) is 0 Å². The summed E-state index contributed by atoms with van der Waals surface area (Å²) in [6, 6.07) is 7.12. The van der Waals surface area contributed by atoms with E-state index >= 15 is 0 Å². The van der Waals surface area contributed by atoms with Crippen LogP contribution in [0.4, 0.5) is 9.39 Å². The molecule has 0 atom stereocenters. The first-order valence-corrected chi connectivity index (χ1v) is 11.0. The molecule has 3 rings (SSSR count). The minimum atomic E-state index is -0.486. The van der Waals surface area contributed by atoms with Crippen molar-refractivity contribution < 1.29 is 18.8 Å². The van der Waals surface area contributed by atoms with Gasteiger partial charge in [-0.25, -0.2) is 4.39 Å². The Hall–Kier alpha value is -2.74. The van der Waals surface area contributed by atoms with E-state index in [-0.39, 0.29) is 30.3 Å². The topological polar surface area (TPSA) is 78.5 Å². The van der Waals surface area contributed by atoms with E-state index in [0.29, 0.717) is 9.88 Å². The molecule has 1 aromatic carbocycles. The number of nitrogens with one attached hydrogen (secondary N) is 2. The molecule has 0 unspecified atom stereocenters. The molecular weight excluding hydrogens is 405 g/mol. The molecular formula is C22H26FN3O3S. The molecule has 1 aromatic heterocycles. The van der Waals surface area contributed by atoms with Crippen molar-refractivity contribution in [3.8, 4) is 0 Å². The SMILES string of the molecule is Cc1cc(NC(=O)c2cccc(F)c2)sc1C(=O)NCCC(=O)N1CCCCCC1. The Bertz CT molecular complexity index is 920. The molecule has 1 fully saturated rings. The van der Waals surface area contributed by atoms with Crippen molar-refractivity contribution in [1.82, 2.24) is 10.2 Å². The third-order valence-corrected chi connectivity index (χ3v) is 6.18. The first kappa shape index (κ1) is 22.0. The molecule has 0 aliphatic carbocycles. The van der Waals surface area contributed by atoms with E-state index in [0.717, 1.165) is 61.7 Å². The van der Waals surface area contributed by atoms with E-state index in [1.54, 1.807) is 13.0 Å². The average Bonchev–Trinajstić information content (AvgIpc) is 2.92. The summed E-state index contributed by atoms with van der Waals surface area (Å²) in [5.41, 5.74) is 0.935. The van der Waals surface area contributed by atoms with Crippen LogP contribution in [0.15, 0.2) is 30.3 Å². The van der Waals surface area contributed by atoms with Crippen LogP contribution in [0, 0.1) is 12.7 Å². The quantitative estimate of drug-likeness (QED) is 0.726. The van der Waals surface area contributed by atoms with Crippen molar-refractivity contribution in [3.63, 3.8) is 0 Å².